The van der Waals surface area contributed by atoms with Crippen LogP contribution in [0.5, 0.6) is 0 Å². The van der Waals surface area contributed by atoms with Crippen LogP contribution in [0.15, 0.2) is 18.5 Å². The third-order valence-corrected chi connectivity index (χ3v) is 2.19. The van der Waals surface area contributed by atoms with Crippen LogP contribution >= 0.6 is 0 Å². The van der Waals surface area contributed by atoms with Crippen LogP contribution in [0.3, 0.4) is 0 Å². The van der Waals surface area contributed by atoms with Crippen LogP contribution in [0.4, 0.5) is 0 Å². The Bertz CT molecular complexity index is 291. The Balaban J connectivity index is 2.73. The second-order valence-corrected chi connectivity index (χ2v) is 3.02. The summed E-state index contributed by atoms with van der Waals surface area (Å²) in [5.74, 6) is 0. The molecular weight excluding hydrogens is 162 g/mol. The van der Waals surface area contributed by atoms with Crippen LogP contribution in [-0.4, -0.2) is 11.6 Å². The van der Waals surface area contributed by atoms with E-state index in [-0.39, 0.29) is 0 Å². The fourth-order valence-corrected chi connectivity index (χ4v) is 1.45. The van der Waals surface area contributed by atoms with Crippen molar-refractivity contribution < 1.29 is 0 Å². The molecular formula is C10H15N3. The Labute approximate surface area is 79.0 Å². The van der Waals surface area contributed by atoms with E-state index in [4.69, 9.17) is 5.26 Å². The molecule has 0 fully saturated rings. The van der Waals surface area contributed by atoms with E-state index in [2.05, 4.69) is 24.4 Å². The molecule has 1 aromatic rings. The first kappa shape index (κ1) is 9.82. The third kappa shape index (κ3) is 2.33. The van der Waals surface area contributed by atoms with Crippen molar-refractivity contribution in [3.8, 4) is 6.07 Å². The summed E-state index contributed by atoms with van der Waals surface area (Å²) in [7, 11) is 1.95. The zero-order chi connectivity index (χ0) is 9.68. The highest BCUT2D eigenvalue weighted by molar-refractivity contribution is 5.15. The maximum atomic E-state index is 8.50. The molecule has 0 saturated heterocycles. The van der Waals surface area contributed by atoms with Gasteiger partial charge in [-0.15, -0.1) is 0 Å². The molecule has 0 bridgehead atoms. The maximum absolute atomic E-state index is 8.50. The Morgan fingerprint density at radius 1 is 1.69 bits per heavy atom. The van der Waals surface area contributed by atoms with Gasteiger partial charge in [-0.1, -0.05) is 6.92 Å². The number of rotatable bonds is 4. The standard InChI is InChI=1S/C10H15N3/c1-3-10(12-2)9-4-6-13(8-9)7-5-11/h4,6,8,10,12H,3,7H2,1-2H3. The smallest absolute Gasteiger partial charge is 0.109 e. The van der Waals surface area contributed by atoms with Crippen LogP contribution in [0.2, 0.25) is 0 Å². The Morgan fingerprint density at radius 2 is 2.46 bits per heavy atom. The van der Waals surface area contributed by atoms with Crippen molar-refractivity contribution in [2.24, 2.45) is 0 Å². The van der Waals surface area contributed by atoms with E-state index in [0.717, 1.165) is 6.42 Å². The lowest BCUT2D eigenvalue weighted by molar-refractivity contribution is 0.575. The van der Waals surface area contributed by atoms with Crippen molar-refractivity contribution in [1.82, 2.24) is 9.88 Å². The number of aromatic nitrogens is 1. The van der Waals surface area contributed by atoms with Crippen molar-refractivity contribution in [2.45, 2.75) is 25.9 Å². The van der Waals surface area contributed by atoms with Gasteiger partial charge in [0.25, 0.3) is 0 Å². The van der Waals surface area contributed by atoms with Gasteiger partial charge in [0.05, 0.1) is 6.07 Å². The molecule has 13 heavy (non-hydrogen) atoms. The molecule has 0 aliphatic heterocycles. The molecule has 1 N–H and O–H groups in total. The van der Waals surface area contributed by atoms with Crippen LogP contribution in [0, 0.1) is 11.3 Å². The van der Waals surface area contributed by atoms with Crippen LogP contribution in [-0.2, 0) is 6.54 Å². The van der Waals surface area contributed by atoms with Gasteiger partial charge in [-0.2, -0.15) is 5.26 Å². The number of nitrogens with zero attached hydrogens (tertiary/aromatic N) is 2. The van der Waals surface area contributed by atoms with Gasteiger partial charge in [0.1, 0.15) is 6.54 Å². The number of hydrogen-bond acceptors (Lipinski definition) is 2. The fraction of sp³-hybridized carbons (Fsp3) is 0.500. The zero-order valence-corrected chi connectivity index (χ0v) is 8.12. The first-order valence-corrected chi connectivity index (χ1v) is 4.51. The van der Waals surface area contributed by atoms with Crippen molar-refractivity contribution >= 4 is 0 Å². The lowest BCUT2D eigenvalue weighted by atomic mass is 10.1. The normalized spacial score (nSPS) is 12.4. The molecule has 0 spiro atoms. The average Bonchev–Trinajstić information content (AvgIpc) is 2.56. The molecule has 0 aliphatic rings. The molecule has 70 valence electrons. The molecule has 0 amide bonds. The van der Waals surface area contributed by atoms with E-state index in [9.17, 15) is 0 Å². The van der Waals surface area contributed by atoms with Gasteiger partial charge in [0.2, 0.25) is 0 Å². The Kier molecular flexibility index (Phi) is 3.53. The monoisotopic (exact) mass is 177 g/mol. The minimum Gasteiger partial charge on any atom is -0.340 e. The molecule has 1 rings (SSSR count). The summed E-state index contributed by atoms with van der Waals surface area (Å²) in [5.41, 5.74) is 1.25. The zero-order valence-electron chi connectivity index (χ0n) is 8.12. The number of nitrogens with one attached hydrogen (secondary N) is 1. The molecule has 3 nitrogen and oxygen atoms in total. The molecule has 1 unspecified atom stereocenters. The maximum Gasteiger partial charge on any atom is 0.109 e. The summed E-state index contributed by atoms with van der Waals surface area (Å²) < 4.78 is 1.90. The van der Waals surface area contributed by atoms with Gasteiger partial charge in [0, 0.05) is 18.4 Å². The summed E-state index contributed by atoms with van der Waals surface area (Å²) in [5, 5.41) is 11.7. The number of nitriles is 1. The third-order valence-electron chi connectivity index (χ3n) is 2.19. The summed E-state index contributed by atoms with van der Waals surface area (Å²) in [6, 6.07) is 4.58. The van der Waals surface area contributed by atoms with E-state index >= 15 is 0 Å². The van der Waals surface area contributed by atoms with Gasteiger partial charge >= 0.3 is 0 Å². The van der Waals surface area contributed by atoms with Crippen molar-refractivity contribution in [3.63, 3.8) is 0 Å². The summed E-state index contributed by atoms with van der Waals surface area (Å²) in [6.07, 6.45) is 5.03. The highest BCUT2D eigenvalue weighted by Gasteiger charge is 2.06. The summed E-state index contributed by atoms with van der Waals surface area (Å²) in [6.45, 7) is 2.57. The minimum atomic E-state index is 0.403. The van der Waals surface area contributed by atoms with Crippen LogP contribution in [0.1, 0.15) is 24.9 Å². The van der Waals surface area contributed by atoms with Crippen molar-refractivity contribution in [1.29, 1.82) is 5.26 Å². The largest absolute Gasteiger partial charge is 0.340 e. The first-order chi connectivity index (χ1) is 6.31. The van der Waals surface area contributed by atoms with Gasteiger partial charge < -0.3 is 9.88 Å². The molecule has 3 heteroatoms. The molecule has 1 heterocycles. The SMILES string of the molecule is CCC(NC)c1ccn(CC#N)c1. The topological polar surface area (TPSA) is 40.8 Å². The quantitative estimate of drug-likeness (QED) is 0.760. The lowest BCUT2D eigenvalue weighted by Gasteiger charge is -2.11. The molecule has 0 radical (unpaired) electrons. The second-order valence-electron chi connectivity index (χ2n) is 3.02. The predicted molar refractivity (Wildman–Crippen MR) is 52.1 cm³/mol. The molecule has 0 aliphatic carbocycles. The minimum absolute atomic E-state index is 0.403. The van der Waals surface area contributed by atoms with Crippen LogP contribution < -0.4 is 5.32 Å². The summed E-state index contributed by atoms with van der Waals surface area (Å²) in [4.78, 5) is 0. The van der Waals surface area contributed by atoms with Gasteiger partial charge in [-0.05, 0) is 25.1 Å². The van der Waals surface area contributed by atoms with E-state index in [1.54, 1.807) is 0 Å². The van der Waals surface area contributed by atoms with E-state index in [0.29, 0.717) is 12.6 Å². The first-order valence-electron chi connectivity index (χ1n) is 4.51. The summed E-state index contributed by atoms with van der Waals surface area (Å²) >= 11 is 0. The van der Waals surface area contributed by atoms with Crippen molar-refractivity contribution in [2.75, 3.05) is 7.05 Å². The molecule has 0 aromatic carbocycles. The Hall–Kier alpha value is -1.27. The van der Waals surface area contributed by atoms with Gasteiger partial charge in [0.15, 0.2) is 0 Å². The van der Waals surface area contributed by atoms with E-state index in [1.165, 1.54) is 5.56 Å². The van der Waals surface area contributed by atoms with E-state index in [1.807, 2.05) is 24.0 Å². The Morgan fingerprint density at radius 3 is 3.00 bits per heavy atom. The fourth-order valence-electron chi connectivity index (χ4n) is 1.45. The number of hydrogen-bond donors (Lipinski definition) is 1. The van der Waals surface area contributed by atoms with Gasteiger partial charge in [-0.25, -0.2) is 0 Å². The van der Waals surface area contributed by atoms with Crippen molar-refractivity contribution in [3.05, 3.63) is 24.0 Å². The van der Waals surface area contributed by atoms with Crippen LogP contribution in [0.25, 0.3) is 0 Å². The van der Waals surface area contributed by atoms with Gasteiger partial charge in [-0.3, -0.25) is 0 Å². The predicted octanol–water partition coefficient (Wildman–Crippen LogP) is 1.68. The highest BCUT2D eigenvalue weighted by atomic mass is 14.9. The molecule has 1 atom stereocenters. The molecule has 0 saturated carbocycles. The second kappa shape index (κ2) is 4.68. The average molecular weight is 177 g/mol. The molecule has 1 aromatic heterocycles. The lowest BCUT2D eigenvalue weighted by Crippen LogP contribution is -2.14. The van der Waals surface area contributed by atoms with E-state index < -0.39 is 0 Å². The highest BCUT2D eigenvalue weighted by Crippen LogP contribution is 2.15.